The summed E-state index contributed by atoms with van der Waals surface area (Å²) in [6.07, 6.45) is 7.55. The highest BCUT2D eigenvalue weighted by Crippen LogP contribution is 2.33. The number of carbonyl (C=O) groups is 2. The van der Waals surface area contributed by atoms with E-state index in [0.29, 0.717) is 0 Å². The van der Waals surface area contributed by atoms with Gasteiger partial charge in [-0.05, 0) is 49.8 Å². The normalized spacial score (nSPS) is 15.2. The number of aromatic nitrogens is 2. The van der Waals surface area contributed by atoms with Crippen LogP contribution in [0, 0.1) is 13.8 Å². The van der Waals surface area contributed by atoms with Crippen LogP contribution < -0.4 is 10.2 Å². The van der Waals surface area contributed by atoms with Crippen molar-refractivity contribution in [1.82, 2.24) is 15.1 Å². The Labute approximate surface area is 199 Å². The molecule has 33 heavy (non-hydrogen) atoms. The third kappa shape index (κ3) is 5.36. The Morgan fingerprint density at radius 3 is 2.55 bits per heavy atom. The van der Waals surface area contributed by atoms with Crippen LogP contribution in [0.2, 0.25) is 0 Å². The van der Waals surface area contributed by atoms with Gasteiger partial charge in [0.15, 0.2) is 0 Å². The fraction of sp³-hybridized carbons (Fsp3) is 0.423. The summed E-state index contributed by atoms with van der Waals surface area (Å²) in [5, 5.41) is 9.74. The number of thiophene rings is 1. The van der Waals surface area contributed by atoms with E-state index in [1.54, 1.807) is 20.9 Å². The topological polar surface area (TPSA) is 67.2 Å². The Morgan fingerprint density at radius 2 is 1.91 bits per heavy atom. The quantitative estimate of drug-likeness (QED) is 0.543. The third-order valence-electron chi connectivity index (χ3n) is 6.35. The van der Waals surface area contributed by atoms with E-state index in [1.165, 1.54) is 6.42 Å². The molecule has 1 atom stereocenters. The van der Waals surface area contributed by atoms with Gasteiger partial charge in [-0.1, -0.05) is 43.5 Å². The van der Waals surface area contributed by atoms with Crippen molar-refractivity contribution in [3.05, 3.63) is 69.7 Å². The zero-order valence-corrected chi connectivity index (χ0v) is 20.4. The van der Waals surface area contributed by atoms with E-state index in [4.69, 9.17) is 0 Å². The lowest BCUT2D eigenvalue weighted by Gasteiger charge is -2.34. The number of para-hydroxylation sites is 1. The summed E-state index contributed by atoms with van der Waals surface area (Å²) in [6.45, 7) is 3.88. The molecule has 0 spiro atoms. The maximum atomic E-state index is 13.9. The number of amides is 2. The highest BCUT2D eigenvalue weighted by Gasteiger charge is 2.36. The smallest absolute Gasteiger partial charge is 0.248 e. The first-order valence-corrected chi connectivity index (χ1v) is 12.5. The van der Waals surface area contributed by atoms with Gasteiger partial charge >= 0.3 is 0 Å². The summed E-state index contributed by atoms with van der Waals surface area (Å²) in [4.78, 5) is 30.4. The van der Waals surface area contributed by atoms with Gasteiger partial charge in [-0.3, -0.25) is 19.2 Å². The Hall–Kier alpha value is -2.93. The van der Waals surface area contributed by atoms with Gasteiger partial charge in [0.05, 0.1) is 12.1 Å². The molecule has 7 heteroatoms. The molecule has 0 saturated heterocycles. The molecule has 2 aromatic heterocycles. The van der Waals surface area contributed by atoms with Crippen molar-refractivity contribution in [2.45, 2.75) is 64.5 Å². The fourth-order valence-electron chi connectivity index (χ4n) is 4.71. The summed E-state index contributed by atoms with van der Waals surface area (Å²) in [5.74, 6) is -0.237. The predicted octanol–water partition coefficient (Wildman–Crippen LogP) is 4.86. The van der Waals surface area contributed by atoms with E-state index in [9.17, 15) is 9.59 Å². The molecule has 0 unspecified atom stereocenters. The van der Waals surface area contributed by atoms with Crippen molar-refractivity contribution in [2.24, 2.45) is 7.05 Å². The van der Waals surface area contributed by atoms with Gasteiger partial charge in [0.1, 0.15) is 6.04 Å². The lowest BCUT2D eigenvalue weighted by molar-refractivity contribution is -0.127. The SMILES string of the molecule is Cc1ccccc1N(C(=O)Cc1cccs1)[C@H](C(=O)NC1CCCCC1)c1cn(C)nc1C. The number of carbonyl (C=O) groups excluding carboxylic acids is 2. The fourth-order valence-corrected chi connectivity index (χ4v) is 5.41. The first kappa shape index (κ1) is 23.2. The minimum atomic E-state index is -0.783. The van der Waals surface area contributed by atoms with Crippen LogP contribution in [0.25, 0.3) is 0 Å². The minimum Gasteiger partial charge on any atom is -0.351 e. The average Bonchev–Trinajstić information content (AvgIpc) is 3.42. The van der Waals surface area contributed by atoms with E-state index >= 15 is 0 Å². The van der Waals surface area contributed by atoms with Gasteiger partial charge in [0.25, 0.3) is 0 Å². The van der Waals surface area contributed by atoms with Crippen molar-refractivity contribution in [3.63, 3.8) is 0 Å². The number of rotatable bonds is 7. The zero-order valence-electron chi connectivity index (χ0n) is 19.6. The molecule has 1 aliphatic carbocycles. The van der Waals surface area contributed by atoms with E-state index in [2.05, 4.69) is 10.4 Å². The summed E-state index contributed by atoms with van der Waals surface area (Å²) in [7, 11) is 1.85. The second-order valence-electron chi connectivity index (χ2n) is 8.90. The van der Waals surface area contributed by atoms with Crippen LogP contribution in [0.5, 0.6) is 0 Å². The highest BCUT2D eigenvalue weighted by molar-refractivity contribution is 7.10. The lowest BCUT2D eigenvalue weighted by Crippen LogP contribution is -2.48. The molecule has 2 amide bonds. The van der Waals surface area contributed by atoms with Gasteiger partial charge in [-0.15, -0.1) is 11.3 Å². The summed E-state index contributed by atoms with van der Waals surface area (Å²) < 4.78 is 1.71. The van der Waals surface area contributed by atoms with Crippen molar-refractivity contribution in [3.8, 4) is 0 Å². The van der Waals surface area contributed by atoms with Crippen LogP contribution in [-0.2, 0) is 23.1 Å². The Kier molecular flexibility index (Phi) is 7.28. The first-order valence-electron chi connectivity index (χ1n) is 11.6. The summed E-state index contributed by atoms with van der Waals surface area (Å²) in [5.41, 5.74) is 3.22. The molecule has 1 saturated carbocycles. The Morgan fingerprint density at radius 1 is 1.15 bits per heavy atom. The number of hydrogen-bond acceptors (Lipinski definition) is 4. The molecule has 1 aromatic carbocycles. The Balaban J connectivity index is 1.77. The maximum Gasteiger partial charge on any atom is 0.248 e. The molecular formula is C26H32N4O2S. The Bertz CT molecular complexity index is 1100. The van der Waals surface area contributed by atoms with Crippen LogP contribution in [0.1, 0.15) is 59.8 Å². The number of anilines is 1. The van der Waals surface area contributed by atoms with E-state index in [0.717, 1.165) is 53.1 Å². The third-order valence-corrected chi connectivity index (χ3v) is 7.23. The maximum absolute atomic E-state index is 13.9. The van der Waals surface area contributed by atoms with Gasteiger partial charge in [0.2, 0.25) is 11.8 Å². The molecule has 2 heterocycles. The van der Waals surface area contributed by atoms with Gasteiger partial charge < -0.3 is 5.32 Å². The zero-order chi connectivity index (χ0) is 23.4. The molecular weight excluding hydrogens is 432 g/mol. The molecule has 1 N–H and O–H groups in total. The van der Waals surface area contributed by atoms with Crippen molar-refractivity contribution in [2.75, 3.05) is 4.90 Å². The van der Waals surface area contributed by atoms with Gasteiger partial charge in [-0.2, -0.15) is 5.10 Å². The highest BCUT2D eigenvalue weighted by atomic mass is 32.1. The average molecular weight is 465 g/mol. The molecule has 0 bridgehead atoms. The molecule has 1 fully saturated rings. The molecule has 4 rings (SSSR count). The van der Waals surface area contributed by atoms with Crippen LogP contribution in [0.15, 0.2) is 48.0 Å². The number of nitrogens with zero attached hydrogens (tertiary/aromatic N) is 3. The second-order valence-corrected chi connectivity index (χ2v) is 9.93. The molecule has 1 aliphatic rings. The minimum absolute atomic E-state index is 0.0983. The van der Waals surface area contributed by atoms with Crippen molar-refractivity contribution >= 4 is 28.8 Å². The van der Waals surface area contributed by atoms with Crippen LogP contribution in [-0.4, -0.2) is 27.6 Å². The second kappa shape index (κ2) is 10.3. The van der Waals surface area contributed by atoms with Gasteiger partial charge in [0, 0.05) is 35.4 Å². The van der Waals surface area contributed by atoms with Crippen LogP contribution in [0.3, 0.4) is 0 Å². The van der Waals surface area contributed by atoms with Crippen LogP contribution >= 0.6 is 11.3 Å². The number of benzene rings is 1. The van der Waals surface area contributed by atoms with E-state index in [-0.39, 0.29) is 24.3 Å². The van der Waals surface area contributed by atoms with Crippen molar-refractivity contribution < 1.29 is 9.59 Å². The molecule has 3 aromatic rings. The number of aryl methyl sites for hydroxylation is 3. The number of hydrogen-bond donors (Lipinski definition) is 1. The molecule has 0 radical (unpaired) electrons. The van der Waals surface area contributed by atoms with Crippen molar-refractivity contribution in [1.29, 1.82) is 0 Å². The van der Waals surface area contributed by atoms with Crippen LogP contribution in [0.4, 0.5) is 5.69 Å². The number of nitrogens with one attached hydrogen (secondary N) is 1. The largest absolute Gasteiger partial charge is 0.351 e. The lowest BCUT2D eigenvalue weighted by atomic mass is 9.94. The molecule has 6 nitrogen and oxygen atoms in total. The van der Waals surface area contributed by atoms with E-state index in [1.807, 2.05) is 68.9 Å². The van der Waals surface area contributed by atoms with E-state index < -0.39 is 6.04 Å². The predicted molar refractivity (Wildman–Crippen MR) is 132 cm³/mol. The summed E-state index contributed by atoms with van der Waals surface area (Å²) in [6, 6.07) is 11.1. The summed E-state index contributed by atoms with van der Waals surface area (Å²) >= 11 is 1.56. The molecule has 0 aliphatic heterocycles. The van der Waals surface area contributed by atoms with Gasteiger partial charge in [-0.25, -0.2) is 0 Å². The molecule has 174 valence electrons. The first-order chi connectivity index (χ1) is 15.9. The monoisotopic (exact) mass is 464 g/mol. The standard InChI is InChI=1S/C26H32N4O2S/c1-18-10-7-8-14-23(18)30(24(31)16-21-13-9-15-33-21)25(22-17-29(3)28-19(22)2)26(32)27-20-11-5-4-6-12-20/h7-10,13-15,17,20,25H,4-6,11-12,16H2,1-3H3,(H,27,32)/t25-/m0/s1.